The van der Waals surface area contributed by atoms with E-state index in [1.54, 1.807) is 16.2 Å². The molecule has 2 amide bonds. The van der Waals surface area contributed by atoms with Crippen LogP contribution in [0.1, 0.15) is 18.7 Å². The van der Waals surface area contributed by atoms with Crippen molar-refractivity contribution in [3.05, 3.63) is 22.4 Å². The number of nitrogens with one attached hydrogen (secondary N) is 1. The largest absolute Gasteiger partial charge is 0.353 e. The van der Waals surface area contributed by atoms with Crippen molar-refractivity contribution in [2.24, 2.45) is 5.92 Å². The monoisotopic (exact) mass is 266 g/mol. The van der Waals surface area contributed by atoms with Crippen LogP contribution in [0.15, 0.2) is 17.5 Å². The Morgan fingerprint density at radius 2 is 2.39 bits per heavy atom. The zero-order valence-electron chi connectivity index (χ0n) is 10.7. The molecule has 2 heterocycles. The Kier molecular flexibility index (Phi) is 4.01. The van der Waals surface area contributed by atoms with Gasteiger partial charge in [0.1, 0.15) is 6.04 Å². The lowest BCUT2D eigenvalue weighted by Crippen LogP contribution is -2.59. The van der Waals surface area contributed by atoms with Crippen molar-refractivity contribution >= 4 is 23.2 Å². The van der Waals surface area contributed by atoms with Gasteiger partial charge in [0, 0.05) is 18.0 Å². The SMILES string of the molecule is CC(C)C1C(=O)NCCN1C(=O)Cc1cccs1. The molecular weight excluding hydrogens is 248 g/mol. The minimum absolute atomic E-state index is 0.0317. The summed E-state index contributed by atoms with van der Waals surface area (Å²) in [4.78, 5) is 26.9. The second-order valence-electron chi connectivity index (χ2n) is 4.82. The van der Waals surface area contributed by atoms with Gasteiger partial charge in [-0.1, -0.05) is 19.9 Å². The van der Waals surface area contributed by atoms with Crippen LogP contribution in [0.3, 0.4) is 0 Å². The molecule has 1 aliphatic heterocycles. The second-order valence-corrected chi connectivity index (χ2v) is 5.86. The van der Waals surface area contributed by atoms with Gasteiger partial charge in [-0.2, -0.15) is 0 Å². The highest BCUT2D eigenvalue weighted by Crippen LogP contribution is 2.17. The molecule has 1 atom stereocenters. The number of piperazine rings is 1. The fourth-order valence-corrected chi connectivity index (χ4v) is 2.99. The van der Waals surface area contributed by atoms with Crippen molar-refractivity contribution in [3.8, 4) is 0 Å². The number of amides is 2. The summed E-state index contributed by atoms with van der Waals surface area (Å²) in [6.45, 7) is 5.11. The molecule has 1 saturated heterocycles. The van der Waals surface area contributed by atoms with Gasteiger partial charge >= 0.3 is 0 Å². The lowest BCUT2D eigenvalue weighted by Gasteiger charge is -2.37. The molecule has 1 unspecified atom stereocenters. The molecule has 2 rings (SSSR count). The number of hydrogen-bond acceptors (Lipinski definition) is 3. The van der Waals surface area contributed by atoms with Crippen LogP contribution in [0.2, 0.25) is 0 Å². The summed E-state index contributed by atoms with van der Waals surface area (Å²) in [7, 11) is 0. The van der Waals surface area contributed by atoms with E-state index in [4.69, 9.17) is 0 Å². The number of nitrogens with zero attached hydrogens (tertiary/aromatic N) is 1. The van der Waals surface area contributed by atoms with E-state index in [1.165, 1.54) is 0 Å². The van der Waals surface area contributed by atoms with Crippen LogP contribution >= 0.6 is 11.3 Å². The first kappa shape index (κ1) is 13.1. The third-order valence-electron chi connectivity index (χ3n) is 3.11. The fraction of sp³-hybridized carbons (Fsp3) is 0.538. The van der Waals surface area contributed by atoms with Crippen molar-refractivity contribution in [3.63, 3.8) is 0 Å². The Hall–Kier alpha value is -1.36. The Balaban J connectivity index is 2.09. The molecule has 98 valence electrons. The van der Waals surface area contributed by atoms with Crippen LogP contribution in [0, 0.1) is 5.92 Å². The van der Waals surface area contributed by atoms with Gasteiger partial charge in [0.25, 0.3) is 0 Å². The van der Waals surface area contributed by atoms with E-state index in [0.29, 0.717) is 19.5 Å². The highest BCUT2D eigenvalue weighted by Gasteiger charge is 2.34. The molecule has 1 aliphatic rings. The van der Waals surface area contributed by atoms with Crippen molar-refractivity contribution in [1.29, 1.82) is 0 Å². The van der Waals surface area contributed by atoms with E-state index < -0.39 is 0 Å². The number of carbonyl (C=O) groups excluding carboxylic acids is 2. The summed E-state index contributed by atoms with van der Waals surface area (Å²) in [5.41, 5.74) is 0. The lowest BCUT2D eigenvalue weighted by molar-refractivity contribution is -0.144. The van der Waals surface area contributed by atoms with Crippen molar-refractivity contribution < 1.29 is 9.59 Å². The zero-order chi connectivity index (χ0) is 13.1. The zero-order valence-corrected chi connectivity index (χ0v) is 11.5. The van der Waals surface area contributed by atoms with Crippen LogP contribution in [0.5, 0.6) is 0 Å². The van der Waals surface area contributed by atoms with Gasteiger partial charge in [0.15, 0.2) is 0 Å². The summed E-state index contributed by atoms with van der Waals surface area (Å²) in [5.74, 6) is 0.152. The normalized spacial score (nSPS) is 20.1. The molecule has 0 spiro atoms. The van der Waals surface area contributed by atoms with Gasteiger partial charge < -0.3 is 10.2 Å². The quantitative estimate of drug-likeness (QED) is 0.896. The Morgan fingerprint density at radius 1 is 1.61 bits per heavy atom. The van der Waals surface area contributed by atoms with Gasteiger partial charge in [-0.25, -0.2) is 0 Å². The number of carbonyl (C=O) groups is 2. The first-order valence-electron chi connectivity index (χ1n) is 6.19. The van der Waals surface area contributed by atoms with Crippen LogP contribution in [-0.4, -0.2) is 35.8 Å². The molecule has 1 aromatic rings. The maximum absolute atomic E-state index is 12.3. The molecule has 18 heavy (non-hydrogen) atoms. The third kappa shape index (κ3) is 2.72. The molecule has 1 N–H and O–H groups in total. The van der Waals surface area contributed by atoms with Gasteiger partial charge in [0.2, 0.25) is 11.8 Å². The molecule has 1 fully saturated rings. The molecular formula is C13H18N2O2S. The molecule has 0 saturated carbocycles. The number of thiophene rings is 1. The van der Waals surface area contributed by atoms with Gasteiger partial charge in [-0.15, -0.1) is 11.3 Å². The smallest absolute Gasteiger partial charge is 0.243 e. The molecule has 0 bridgehead atoms. The highest BCUT2D eigenvalue weighted by atomic mass is 32.1. The summed E-state index contributed by atoms with van der Waals surface area (Å²) in [6.07, 6.45) is 0.397. The summed E-state index contributed by atoms with van der Waals surface area (Å²) >= 11 is 1.58. The van der Waals surface area contributed by atoms with E-state index in [2.05, 4.69) is 5.32 Å². The number of hydrogen-bond donors (Lipinski definition) is 1. The highest BCUT2D eigenvalue weighted by molar-refractivity contribution is 7.10. The maximum Gasteiger partial charge on any atom is 0.243 e. The van der Waals surface area contributed by atoms with Crippen molar-refractivity contribution in [2.75, 3.05) is 13.1 Å². The molecule has 1 aromatic heterocycles. The second kappa shape index (κ2) is 5.52. The predicted octanol–water partition coefficient (Wildman–Crippen LogP) is 1.27. The molecule has 0 radical (unpaired) electrons. The lowest BCUT2D eigenvalue weighted by atomic mass is 9.99. The summed E-state index contributed by atoms with van der Waals surface area (Å²) < 4.78 is 0. The molecule has 4 nitrogen and oxygen atoms in total. The number of rotatable bonds is 3. The average molecular weight is 266 g/mol. The fourth-order valence-electron chi connectivity index (χ4n) is 2.29. The predicted molar refractivity (Wildman–Crippen MR) is 71.4 cm³/mol. The summed E-state index contributed by atoms with van der Waals surface area (Å²) in [5, 5.41) is 4.79. The average Bonchev–Trinajstić information content (AvgIpc) is 2.80. The maximum atomic E-state index is 12.3. The van der Waals surface area contributed by atoms with E-state index in [1.807, 2.05) is 31.4 Å². The topological polar surface area (TPSA) is 49.4 Å². The molecule has 5 heteroatoms. The van der Waals surface area contributed by atoms with Crippen molar-refractivity contribution in [1.82, 2.24) is 10.2 Å². The van der Waals surface area contributed by atoms with Gasteiger partial charge in [0.05, 0.1) is 6.42 Å². The minimum atomic E-state index is -0.328. The van der Waals surface area contributed by atoms with E-state index in [9.17, 15) is 9.59 Å². The van der Waals surface area contributed by atoms with Crippen molar-refractivity contribution in [2.45, 2.75) is 26.3 Å². The van der Waals surface area contributed by atoms with E-state index in [0.717, 1.165) is 4.88 Å². The molecule has 0 aromatic carbocycles. The third-order valence-corrected chi connectivity index (χ3v) is 3.99. The summed E-state index contributed by atoms with van der Waals surface area (Å²) in [6, 6.07) is 3.57. The van der Waals surface area contributed by atoms with Crippen LogP contribution < -0.4 is 5.32 Å². The minimum Gasteiger partial charge on any atom is -0.353 e. The standard InChI is InChI=1S/C13H18N2O2S/c1-9(2)12-13(17)14-5-6-15(12)11(16)8-10-4-3-7-18-10/h3-4,7,9,12H,5-6,8H2,1-2H3,(H,14,17). The van der Waals surface area contributed by atoms with E-state index in [-0.39, 0.29) is 23.8 Å². The van der Waals surface area contributed by atoms with Crippen LogP contribution in [0.25, 0.3) is 0 Å². The Bertz CT molecular complexity index is 428. The Morgan fingerprint density at radius 3 is 3.00 bits per heavy atom. The van der Waals surface area contributed by atoms with Crippen LogP contribution in [-0.2, 0) is 16.0 Å². The van der Waals surface area contributed by atoms with Gasteiger partial charge in [-0.05, 0) is 17.4 Å². The molecule has 0 aliphatic carbocycles. The van der Waals surface area contributed by atoms with E-state index >= 15 is 0 Å². The first-order valence-corrected chi connectivity index (χ1v) is 7.07. The van der Waals surface area contributed by atoms with Crippen LogP contribution in [0.4, 0.5) is 0 Å². The van der Waals surface area contributed by atoms with Gasteiger partial charge in [-0.3, -0.25) is 9.59 Å². The first-order chi connectivity index (χ1) is 8.59. The Labute approximate surface area is 111 Å².